The molecule has 1 heterocycles. The average molecular weight is 261 g/mol. The van der Waals surface area contributed by atoms with Crippen LogP contribution in [0.25, 0.3) is 11.3 Å². The number of carboxylic acid groups (broad SMARTS) is 1. The molecule has 3 nitrogen and oxygen atoms in total. The molecule has 18 heavy (non-hydrogen) atoms. The molecule has 1 N–H and O–H groups in total. The van der Waals surface area contributed by atoms with Gasteiger partial charge in [0.2, 0.25) is 5.01 Å². The fourth-order valence-corrected chi connectivity index (χ4v) is 2.31. The highest BCUT2D eigenvalue weighted by atomic mass is 32.1. The van der Waals surface area contributed by atoms with Gasteiger partial charge in [0.15, 0.2) is 0 Å². The lowest BCUT2D eigenvalue weighted by molar-refractivity contribution is 0.0696. The molecule has 0 aliphatic carbocycles. The summed E-state index contributed by atoms with van der Waals surface area (Å²) in [6.07, 6.45) is 0. The van der Waals surface area contributed by atoms with Crippen LogP contribution in [0.5, 0.6) is 0 Å². The van der Waals surface area contributed by atoms with Gasteiger partial charge in [0, 0.05) is 10.9 Å². The summed E-state index contributed by atoms with van der Waals surface area (Å²) in [6, 6.07) is 8.10. The second kappa shape index (κ2) is 4.53. The summed E-state index contributed by atoms with van der Waals surface area (Å²) in [6.45, 7) is 6.48. The molecule has 2 rings (SSSR count). The van der Waals surface area contributed by atoms with E-state index < -0.39 is 5.97 Å². The highest BCUT2D eigenvalue weighted by Gasteiger charge is 2.14. The molecule has 0 atom stereocenters. The van der Waals surface area contributed by atoms with Crippen LogP contribution in [-0.2, 0) is 5.41 Å². The SMILES string of the molecule is CC(C)(C)c1ccc(-c2csc(C(=O)O)n2)cc1. The Balaban J connectivity index is 2.31. The van der Waals surface area contributed by atoms with Crippen molar-refractivity contribution >= 4 is 17.3 Å². The smallest absolute Gasteiger partial charge is 0.365 e. The van der Waals surface area contributed by atoms with E-state index in [9.17, 15) is 4.79 Å². The fraction of sp³-hybridized carbons (Fsp3) is 0.286. The minimum atomic E-state index is -0.974. The lowest BCUT2D eigenvalue weighted by Crippen LogP contribution is -2.10. The van der Waals surface area contributed by atoms with E-state index in [1.807, 2.05) is 12.1 Å². The average Bonchev–Trinajstić information content (AvgIpc) is 2.77. The standard InChI is InChI=1S/C14H15NO2S/c1-14(2,3)10-6-4-9(5-7-10)11-8-18-12(15-11)13(16)17/h4-8H,1-3H3,(H,16,17). The van der Waals surface area contributed by atoms with Gasteiger partial charge in [-0.25, -0.2) is 9.78 Å². The third kappa shape index (κ3) is 2.59. The number of hydrogen-bond donors (Lipinski definition) is 1. The minimum absolute atomic E-state index is 0.118. The lowest BCUT2D eigenvalue weighted by Gasteiger charge is -2.18. The Bertz CT molecular complexity index is 564. The zero-order chi connectivity index (χ0) is 13.3. The lowest BCUT2D eigenvalue weighted by atomic mass is 9.86. The van der Waals surface area contributed by atoms with Crippen LogP contribution in [0, 0.1) is 0 Å². The van der Waals surface area contributed by atoms with E-state index in [1.54, 1.807) is 5.38 Å². The van der Waals surface area contributed by atoms with Gasteiger partial charge in [0.25, 0.3) is 0 Å². The van der Waals surface area contributed by atoms with Crippen molar-refractivity contribution in [3.05, 3.63) is 40.2 Å². The molecule has 0 saturated carbocycles. The van der Waals surface area contributed by atoms with Gasteiger partial charge in [-0.2, -0.15) is 0 Å². The number of nitrogens with zero attached hydrogens (tertiary/aromatic N) is 1. The molecule has 0 amide bonds. The Kier molecular flexibility index (Phi) is 3.22. The quantitative estimate of drug-likeness (QED) is 0.894. The summed E-state index contributed by atoms with van der Waals surface area (Å²) in [4.78, 5) is 14.9. The summed E-state index contributed by atoms with van der Waals surface area (Å²) in [5.41, 5.74) is 3.04. The molecule has 0 aliphatic heterocycles. The molecular weight excluding hydrogens is 246 g/mol. The van der Waals surface area contributed by atoms with Gasteiger partial charge in [0.05, 0.1) is 5.69 Å². The van der Waals surface area contributed by atoms with E-state index in [0.29, 0.717) is 0 Å². The maximum Gasteiger partial charge on any atom is 0.365 e. The van der Waals surface area contributed by atoms with Crippen LogP contribution < -0.4 is 0 Å². The van der Waals surface area contributed by atoms with E-state index in [1.165, 1.54) is 5.56 Å². The number of carboxylic acids is 1. The number of benzene rings is 1. The summed E-state index contributed by atoms with van der Waals surface area (Å²) in [7, 11) is 0. The molecule has 4 heteroatoms. The van der Waals surface area contributed by atoms with Gasteiger partial charge in [-0.3, -0.25) is 0 Å². The highest BCUT2D eigenvalue weighted by molar-refractivity contribution is 7.11. The number of carbonyl (C=O) groups is 1. The molecule has 0 spiro atoms. The predicted octanol–water partition coefficient (Wildman–Crippen LogP) is 3.81. The zero-order valence-electron chi connectivity index (χ0n) is 10.6. The molecule has 2 aromatic rings. The van der Waals surface area contributed by atoms with Gasteiger partial charge >= 0.3 is 5.97 Å². The van der Waals surface area contributed by atoms with Gasteiger partial charge in [0.1, 0.15) is 0 Å². The van der Waals surface area contributed by atoms with E-state index >= 15 is 0 Å². The summed E-state index contributed by atoms with van der Waals surface area (Å²) in [5.74, 6) is -0.974. The molecule has 0 unspecified atom stereocenters. The first-order valence-corrected chi connectivity index (χ1v) is 6.55. The van der Waals surface area contributed by atoms with Crippen molar-refractivity contribution in [2.24, 2.45) is 0 Å². The van der Waals surface area contributed by atoms with Crippen LogP contribution in [0.15, 0.2) is 29.6 Å². The first-order chi connectivity index (χ1) is 8.38. The molecule has 0 fully saturated rings. The monoisotopic (exact) mass is 261 g/mol. The minimum Gasteiger partial charge on any atom is -0.476 e. The molecule has 0 bridgehead atoms. The molecule has 1 aromatic heterocycles. The van der Waals surface area contributed by atoms with Gasteiger partial charge in [-0.05, 0) is 11.0 Å². The van der Waals surface area contributed by atoms with Crippen LogP contribution in [0.2, 0.25) is 0 Å². The first-order valence-electron chi connectivity index (χ1n) is 5.67. The van der Waals surface area contributed by atoms with Crippen molar-refractivity contribution < 1.29 is 9.90 Å². The molecule has 94 valence electrons. The van der Waals surface area contributed by atoms with Crippen molar-refractivity contribution in [3.63, 3.8) is 0 Å². The Labute approximate surface area is 110 Å². The Hall–Kier alpha value is -1.68. The molecule has 0 aliphatic rings. The molecule has 1 aromatic carbocycles. The van der Waals surface area contributed by atoms with Crippen LogP contribution in [-0.4, -0.2) is 16.1 Å². The largest absolute Gasteiger partial charge is 0.476 e. The Morgan fingerprint density at radius 2 is 1.83 bits per heavy atom. The van der Waals surface area contributed by atoms with Gasteiger partial charge in [-0.1, -0.05) is 45.0 Å². The molecular formula is C14H15NO2S. The maximum absolute atomic E-state index is 10.8. The normalized spacial score (nSPS) is 11.5. The zero-order valence-corrected chi connectivity index (χ0v) is 11.4. The van der Waals surface area contributed by atoms with Crippen LogP contribution in [0.1, 0.15) is 36.1 Å². The topological polar surface area (TPSA) is 50.2 Å². The predicted molar refractivity (Wildman–Crippen MR) is 73.2 cm³/mol. The third-order valence-electron chi connectivity index (χ3n) is 2.73. The number of hydrogen-bond acceptors (Lipinski definition) is 3. The van der Waals surface area contributed by atoms with Crippen molar-refractivity contribution in [2.45, 2.75) is 26.2 Å². The molecule has 0 saturated heterocycles. The third-order valence-corrected chi connectivity index (χ3v) is 3.56. The van der Waals surface area contributed by atoms with Crippen molar-refractivity contribution in [2.75, 3.05) is 0 Å². The van der Waals surface area contributed by atoms with Crippen LogP contribution >= 0.6 is 11.3 Å². The fourth-order valence-electron chi connectivity index (χ4n) is 1.65. The number of aromatic nitrogens is 1. The first kappa shape index (κ1) is 12.8. The van der Waals surface area contributed by atoms with Crippen LogP contribution in [0.4, 0.5) is 0 Å². The van der Waals surface area contributed by atoms with E-state index in [-0.39, 0.29) is 10.4 Å². The molecule has 0 radical (unpaired) electrons. The van der Waals surface area contributed by atoms with E-state index in [2.05, 4.69) is 37.9 Å². The van der Waals surface area contributed by atoms with Gasteiger partial charge in [-0.15, -0.1) is 11.3 Å². The second-order valence-electron chi connectivity index (χ2n) is 5.17. The second-order valence-corrected chi connectivity index (χ2v) is 6.03. The summed E-state index contributed by atoms with van der Waals surface area (Å²) < 4.78 is 0. The highest BCUT2D eigenvalue weighted by Crippen LogP contribution is 2.26. The van der Waals surface area contributed by atoms with E-state index in [4.69, 9.17) is 5.11 Å². The Morgan fingerprint density at radius 1 is 1.22 bits per heavy atom. The number of rotatable bonds is 2. The summed E-state index contributed by atoms with van der Waals surface area (Å²) in [5, 5.41) is 10.7. The number of thiazole rings is 1. The van der Waals surface area contributed by atoms with Crippen LogP contribution in [0.3, 0.4) is 0 Å². The van der Waals surface area contributed by atoms with Crippen molar-refractivity contribution in [1.82, 2.24) is 4.98 Å². The number of aromatic carboxylic acids is 1. The van der Waals surface area contributed by atoms with Crippen molar-refractivity contribution in [3.8, 4) is 11.3 Å². The summed E-state index contributed by atoms with van der Waals surface area (Å²) >= 11 is 1.15. The maximum atomic E-state index is 10.8. The Morgan fingerprint density at radius 3 is 2.28 bits per heavy atom. The van der Waals surface area contributed by atoms with Gasteiger partial charge < -0.3 is 5.11 Å². The van der Waals surface area contributed by atoms with Crippen molar-refractivity contribution in [1.29, 1.82) is 0 Å². The van der Waals surface area contributed by atoms with E-state index in [0.717, 1.165) is 22.6 Å².